The number of piperidine rings is 1. The van der Waals surface area contributed by atoms with Crippen LogP contribution < -0.4 is 0 Å². The molecule has 1 saturated heterocycles. The van der Waals surface area contributed by atoms with E-state index in [1.165, 1.54) is 0 Å². The Labute approximate surface area is 112 Å². The second-order valence-corrected chi connectivity index (χ2v) is 5.75. The first-order valence-corrected chi connectivity index (χ1v) is 6.62. The number of carbonyl (C=O) groups is 2. The van der Waals surface area contributed by atoms with Gasteiger partial charge in [0.2, 0.25) is 5.91 Å². The molecule has 0 radical (unpaired) electrons. The van der Waals surface area contributed by atoms with Crippen molar-refractivity contribution in [1.82, 2.24) is 4.90 Å². The number of hydrogen-bond donors (Lipinski definition) is 1. The number of nitrogens with zero attached hydrogens (tertiary/aromatic N) is 1. The van der Waals surface area contributed by atoms with Gasteiger partial charge < -0.3 is 10.0 Å². The number of carbonyl (C=O) groups excluding carboxylic acids is 1. The Morgan fingerprint density at radius 1 is 1.32 bits per heavy atom. The molecule has 1 N–H and O–H groups in total. The standard InChI is InChI=1S/C15H17NO3/c1-16-6-2-5-15(14(16)19)8-11-4-3-10(13(17)18)7-12(11)9-15/h3-4,7H,2,5-6,8-9H2,1H3,(H,17,18)/t15-/m0/s1. The van der Waals surface area contributed by atoms with Crippen LogP contribution in [0.5, 0.6) is 0 Å². The van der Waals surface area contributed by atoms with Crippen LogP contribution in [-0.4, -0.2) is 35.5 Å². The summed E-state index contributed by atoms with van der Waals surface area (Å²) in [4.78, 5) is 25.3. The first kappa shape index (κ1) is 12.2. The van der Waals surface area contributed by atoms with E-state index >= 15 is 0 Å². The minimum atomic E-state index is -0.907. The van der Waals surface area contributed by atoms with E-state index in [2.05, 4.69) is 0 Å². The highest BCUT2D eigenvalue weighted by molar-refractivity contribution is 5.89. The number of rotatable bonds is 1. The predicted octanol–water partition coefficient (Wildman–Crippen LogP) is 1.72. The van der Waals surface area contributed by atoms with Crippen molar-refractivity contribution in [2.45, 2.75) is 25.7 Å². The Hall–Kier alpha value is -1.84. The molecule has 1 fully saturated rings. The summed E-state index contributed by atoms with van der Waals surface area (Å²) in [5.74, 6) is -0.692. The van der Waals surface area contributed by atoms with Gasteiger partial charge in [0, 0.05) is 13.6 Å². The summed E-state index contributed by atoms with van der Waals surface area (Å²) in [5.41, 5.74) is 2.16. The minimum absolute atomic E-state index is 0.215. The zero-order chi connectivity index (χ0) is 13.6. The molecule has 0 unspecified atom stereocenters. The van der Waals surface area contributed by atoms with Crippen LogP contribution in [0, 0.1) is 5.41 Å². The lowest BCUT2D eigenvalue weighted by Gasteiger charge is -2.37. The number of amides is 1. The second-order valence-electron chi connectivity index (χ2n) is 5.75. The van der Waals surface area contributed by atoms with Crippen molar-refractivity contribution in [2.24, 2.45) is 5.41 Å². The average Bonchev–Trinajstić information content (AvgIpc) is 2.74. The molecular formula is C15H17NO3. The van der Waals surface area contributed by atoms with Crippen LogP contribution in [-0.2, 0) is 17.6 Å². The molecule has 1 amide bonds. The van der Waals surface area contributed by atoms with Gasteiger partial charge in [-0.2, -0.15) is 0 Å². The zero-order valence-corrected chi connectivity index (χ0v) is 11.0. The van der Waals surface area contributed by atoms with E-state index in [1.807, 2.05) is 18.0 Å². The first-order chi connectivity index (χ1) is 9.02. The fourth-order valence-corrected chi connectivity index (χ4v) is 3.48. The molecule has 0 bridgehead atoms. The van der Waals surface area contributed by atoms with Gasteiger partial charge in [0.05, 0.1) is 11.0 Å². The molecule has 0 saturated carbocycles. The maximum Gasteiger partial charge on any atom is 0.335 e. The Morgan fingerprint density at radius 3 is 2.79 bits per heavy atom. The maximum absolute atomic E-state index is 12.4. The molecule has 0 aromatic heterocycles. The van der Waals surface area contributed by atoms with E-state index in [0.29, 0.717) is 12.0 Å². The van der Waals surface area contributed by atoms with Crippen LogP contribution in [0.25, 0.3) is 0 Å². The van der Waals surface area contributed by atoms with Crippen LogP contribution in [0.1, 0.15) is 34.3 Å². The monoisotopic (exact) mass is 259 g/mol. The smallest absolute Gasteiger partial charge is 0.335 e. The van der Waals surface area contributed by atoms with Crippen molar-refractivity contribution < 1.29 is 14.7 Å². The molecule has 4 nitrogen and oxygen atoms in total. The third-order valence-corrected chi connectivity index (χ3v) is 4.46. The number of carboxylic acid groups (broad SMARTS) is 1. The van der Waals surface area contributed by atoms with Crippen molar-refractivity contribution in [3.8, 4) is 0 Å². The molecule has 1 aromatic carbocycles. The van der Waals surface area contributed by atoms with Crippen LogP contribution in [0.4, 0.5) is 0 Å². The second kappa shape index (κ2) is 4.08. The van der Waals surface area contributed by atoms with E-state index in [-0.39, 0.29) is 11.3 Å². The van der Waals surface area contributed by atoms with Crippen molar-refractivity contribution in [1.29, 1.82) is 0 Å². The van der Waals surface area contributed by atoms with Crippen molar-refractivity contribution in [3.63, 3.8) is 0 Å². The number of hydrogen-bond acceptors (Lipinski definition) is 2. The third kappa shape index (κ3) is 1.82. The predicted molar refractivity (Wildman–Crippen MR) is 70.1 cm³/mol. The maximum atomic E-state index is 12.4. The number of fused-ring (bicyclic) bond motifs is 1. The number of likely N-dealkylation sites (tertiary alicyclic amines) is 1. The quantitative estimate of drug-likeness (QED) is 0.835. The van der Waals surface area contributed by atoms with Gasteiger partial charge in [-0.1, -0.05) is 6.07 Å². The molecule has 100 valence electrons. The third-order valence-electron chi connectivity index (χ3n) is 4.46. The Balaban J connectivity index is 1.95. The van der Waals surface area contributed by atoms with Crippen LogP contribution in [0.3, 0.4) is 0 Å². The normalized spacial score (nSPS) is 25.7. The zero-order valence-electron chi connectivity index (χ0n) is 11.0. The molecule has 19 heavy (non-hydrogen) atoms. The van der Waals surface area contributed by atoms with Gasteiger partial charge >= 0.3 is 5.97 Å². The van der Waals surface area contributed by atoms with E-state index < -0.39 is 5.97 Å². The van der Waals surface area contributed by atoms with E-state index in [0.717, 1.165) is 36.9 Å². The van der Waals surface area contributed by atoms with Crippen LogP contribution >= 0.6 is 0 Å². The van der Waals surface area contributed by atoms with Gasteiger partial charge in [-0.15, -0.1) is 0 Å². The van der Waals surface area contributed by atoms with E-state index in [4.69, 9.17) is 5.11 Å². The highest BCUT2D eigenvalue weighted by Gasteiger charge is 2.46. The van der Waals surface area contributed by atoms with E-state index in [9.17, 15) is 9.59 Å². The average molecular weight is 259 g/mol. The summed E-state index contributed by atoms with van der Waals surface area (Å²) in [5, 5.41) is 9.04. The molecule has 1 aliphatic carbocycles. The minimum Gasteiger partial charge on any atom is -0.478 e. The van der Waals surface area contributed by atoms with Crippen LogP contribution in [0.15, 0.2) is 18.2 Å². The topological polar surface area (TPSA) is 57.6 Å². The molecule has 1 atom stereocenters. The van der Waals surface area contributed by atoms with Gasteiger partial charge in [0.15, 0.2) is 0 Å². The number of carboxylic acids is 1. The van der Waals surface area contributed by atoms with Crippen molar-refractivity contribution >= 4 is 11.9 Å². The SMILES string of the molecule is CN1CCC[C@@]2(Cc3ccc(C(=O)O)cc3C2)C1=O. The van der Waals surface area contributed by atoms with Gasteiger partial charge in [0.1, 0.15) is 0 Å². The highest BCUT2D eigenvalue weighted by atomic mass is 16.4. The Morgan fingerprint density at radius 2 is 2.05 bits per heavy atom. The van der Waals surface area contributed by atoms with Gasteiger partial charge in [-0.25, -0.2) is 4.79 Å². The highest BCUT2D eigenvalue weighted by Crippen LogP contribution is 2.44. The lowest BCUT2D eigenvalue weighted by Crippen LogP contribution is -2.47. The molecule has 1 heterocycles. The lowest BCUT2D eigenvalue weighted by molar-refractivity contribution is -0.144. The summed E-state index contributed by atoms with van der Waals surface area (Å²) >= 11 is 0. The van der Waals surface area contributed by atoms with Crippen molar-refractivity contribution in [3.05, 3.63) is 34.9 Å². The summed E-state index contributed by atoms with van der Waals surface area (Å²) in [6.45, 7) is 0.831. The van der Waals surface area contributed by atoms with E-state index in [1.54, 1.807) is 12.1 Å². The summed E-state index contributed by atoms with van der Waals surface area (Å²) in [6.07, 6.45) is 3.38. The van der Waals surface area contributed by atoms with Gasteiger partial charge in [0.25, 0.3) is 0 Å². The fourth-order valence-electron chi connectivity index (χ4n) is 3.48. The molecule has 3 rings (SSSR count). The largest absolute Gasteiger partial charge is 0.478 e. The fraction of sp³-hybridized carbons (Fsp3) is 0.467. The van der Waals surface area contributed by atoms with Crippen LogP contribution in [0.2, 0.25) is 0 Å². The molecule has 4 heteroatoms. The molecule has 1 spiro atoms. The molecule has 1 aliphatic heterocycles. The summed E-state index contributed by atoms with van der Waals surface area (Å²) in [7, 11) is 1.86. The Kier molecular flexibility index (Phi) is 2.62. The lowest BCUT2D eigenvalue weighted by atomic mass is 9.76. The molecule has 2 aliphatic rings. The molecular weight excluding hydrogens is 242 g/mol. The Bertz CT molecular complexity index is 567. The number of aromatic carboxylic acids is 1. The van der Waals surface area contributed by atoms with Gasteiger partial charge in [-0.3, -0.25) is 4.79 Å². The number of benzene rings is 1. The van der Waals surface area contributed by atoms with Gasteiger partial charge in [-0.05, 0) is 48.9 Å². The summed E-state index contributed by atoms with van der Waals surface area (Å²) in [6, 6.07) is 5.24. The first-order valence-electron chi connectivity index (χ1n) is 6.62. The van der Waals surface area contributed by atoms with Crippen molar-refractivity contribution in [2.75, 3.05) is 13.6 Å². The summed E-state index contributed by atoms with van der Waals surface area (Å²) < 4.78 is 0. The molecule has 1 aromatic rings.